The summed E-state index contributed by atoms with van der Waals surface area (Å²) in [7, 11) is 0. The van der Waals surface area contributed by atoms with E-state index in [9.17, 15) is 4.79 Å². The van der Waals surface area contributed by atoms with Crippen LogP contribution in [-0.4, -0.2) is 37.0 Å². The van der Waals surface area contributed by atoms with Crippen LogP contribution in [0, 0.1) is 5.92 Å². The highest BCUT2D eigenvalue weighted by Crippen LogP contribution is 2.16. The maximum atomic E-state index is 12.7. The fraction of sp³-hybridized carbons (Fsp3) is 0.632. The number of hydrogen-bond acceptors (Lipinski definition) is 1. The van der Waals surface area contributed by atoms with Crippen LogP contribution < -0.4 is 4.90 Å². The number of carbonyl (C=O) groups excluding carboxylic acids is 1. The van der Waals surface area contributed by atoms with Crippen molar-refractivity contribution in [3.05, 3.63) is 35.9 Å². The number of amides is 1. The van der Waals surface area contributed by atoms with Crippen LogP contribution in [0.1, 0.15) is 45.1 Å². The van der Waals surface area contributed by atoms with E-state index in [1.807, 2.05) is 0 Å². The summed E-state index contributed by atoms with van der Waals surface area (Å²) in [6, 6.07) is 10.7. The largest absolute Gasteiger partial charge is 0.331 e. The highest BCUT2D eigenvalue weighted by molar-refractivity contribution is 5.78. The number of carbonyl (C=O) groups is 1. The first kappa shape index (κ1) is 17.0. The molecule has 2 rings (SSSR count). The fourth-order valence-electron chi connectivity index (χ4n) is 3.45. The summed E-state index contributed by atoms with van der Waals surface area (Å²) in [4.78, 5) is 16.4. The van der Waals surface area contributed by atoms with Crippen molar-refractivity contribution in [1.82, 2.24) is 4.90 Å². The van der Waals surface area contributed by atoms with Gasteiger partial charge >= 0.3 is 0 Å². The van der Waals surface area contributed by atoms with Gasteiger partial charge in [-0.05, 0) is 12.8 Å². The summed E-state index contributed by atoms with van der Waals surface area (Å²) in [5.41, 5.74) is 1.40. The Kier molecular flexibility index (Phi) is 6.91. The Balaban J connectivity index is 1.82. The molecule has 22 heavy (non-hydrogen) atoms. The maximum Gasteiger partial charge on any atom is 0.226 e. The molecule has 1 aromatic rings. The highest BCUT2D eigenvalue weighted by atomic mass is 16.2. The van der Waals surface area contributed by atoms with E-state index in [-0.39, 0.29) is 5.92 Å². The molecule has 0 radical (unpaired) electrons. The number of quaternary nitrogens is 1. The summed E-state index contributed by atoms with van der Waals surface area (Å²) in [6.45, 7) is 9.43. The molecule has 1 amide bonds. The minimum absolute atomic E-state index is 0.255. The number of rotatable bonds is 7. The van der Waals surface area contributed by atoms with Crippen molar-refractivity contribution in [2.75, 3.05) is 26.2 Å². The van der Waals surface area contributed by atoms with Crippen molar-refractivity contribution in [2.45, 2.75) is 46.1 Å². The molecular weight excluding hydrogens is 272 g/mol. The lowest BCUT2D eigenvalue weighted by atomic mass is 9.96. The van der Waals surface area contributed by atoms with Crippen LogP contribution in [0.5, 0.6) is 0 Å². The Morgan fingerprint density at radius 2 is 1.68 bits per heavy atom. The molecule has 0 aromatic heterocycles. The van der Waals surface area contributed by atoms with Crippen molar-refractivity contribution in [1.29, 1.82) is 0 Å². The minimum Gasteiger partial charge on any atom is -0.331 e. The van der Waals surface area contributed by atoms with E-state index in [4.69, 9.17) is 0 Å². The van der Waals surface area contributed by atoms with E-state index in [1.165, 1.54) is 5.56 Å². The molecule has 1 fully saturated rings. The van der Waals surface area contributed by atoms with Gasteiger partial charge in [0.2, 0.25) is 5.91 Å². The average molecular weight is 303 g/mol. The standard InChI is InChI=1S/C19H30N2O/c1-3-8-18(9-4-2)19(22)21-14-12-20(13-15-21)16-17-10-6-5-7-11-17/h5-7,10-11,18H,3-4,8-9,12-16H2,1-2H3/p+1. The number of nitrogens with one attached hydrogen (secondary N) is 1. The number of hydrogen-bond donors (Lipinski definition) is 1. The molecular formula is C19H31N2O+. The third-order valence-electron chi connectivity index (χ3n) is 4.70. The topological polar surface area (TPSA) is 24.8 Å². The van der Waals surface area contributed by atoms with Gasteiger partial charge in [-0.15, -0.1) is 0 Å². The molecule has 1 N–H and O–H groups in total. The van der Waals surface area contributed by atoms with Crippen LogP contribution in [0.25, 0.3) is 0 Å². The lowest BCUT2D eigenvalue weighted by Gasteiger charge is -2.34. The Labute approximate surface area is 135 Å². The van der Waals surface area contributed by atoms with Gasteiger partial charge in [0.25, 0.3) is 0 Å². The number of benzene rings is 1. The van der Waals surface area contributed by atoms with E-state index in [0.717, 1.165) is 58.4 Å². The fourth-order valence-corrected chi connectivity index (χ4v) is 3.45. The zero-order valence-corrected chi connectivity index (χ0v) is 14.2. The van der Waals surface area contributed by atoms with Crippen molar-refractivity contribution in [3.63, 3.8) is 0 Å². The van der Waals surface area contributed by atoms with Crippen molar-refractivity contribution in [3.8, 4) is 0 Å². The Morgan fingerprint density at radius 3 is 2.23 bits per heavy atom. The van der Waals surface area contributed by atoms with E-state index in [1.54, 1.807) is 4.90 Å². The molecule has 0 bridgehead atoms. The minimum atomic E-state index is 0.255. The summed E-state index contributed by atoms with van der Waals surface area (Å²) >= 11 is 0. The third kappa shape index (κ3) is 4.84. The molecule has 1 aliphatic heterocycles. The first-order valence-electron chi connectivity index (χ1n) is 8.90. The van der Waals surface area contributed by atoms with Gasteiger partial charge in [0.1, 0.15) is 6.54 Å². The van der Waals surface area contributed by atoms with Gasteiger partial charge in [0, 0.05) is 11.5 Å². The summed E-state index contributed by atoms with van der Waals surface area (Å²) < 4.78 is 0. The Hall–Kier alpha value is -1.35. The zero-order valence-electron chi connectivity index (χ0n) is 14.2. The first-order valence-corrected chi connectivity index (χ1v) is 8.90. The molecule has 0 unspecified atom stereocenters. The number of nitrogens with zero attached hydrogens (tertiary/aromatic N) is 1. The smallest absolute Gasteiger partial charge is 0.226 e. The molecule has 3 heteroatoms. The molecule has 0 spiro atoms. The predicted octanol–water partition coefficient (Wildman–Crippen LogP) is 2.13. The molecule has 122 valence electrons. The van der Waals surface area contributed by atoms with Crippen LogP contribution >= 0.6 is 0 Å². The van der Waals surface area contributed by atoms with E-state index in [0.29, 0.717) is 5.91 Å². The third-order valence-corrected chi connectivity index (χ3v) is 4.70. The summed E-state index contributed by atoms with van der Waals surface area (Å²) in [5, 5.41) is 0. The van der Waals surface area contributed by atoms with Gasteiger partial charge in [-0.25, -0.2) is 0 Å². The SMILES string of the molecule is CCCC(CCC)C(=O)N1CC[NH+](Cc2ccccc2)CC1. The van der Waals surface area contributed by atoms with E-state index < -0.39 is 0 Å². The van der Waals surface area contributed by atoms with Gasteiger partial charge in [-0.3, -0.25) is 4.79 Å². The van der Waals surface area contributed by atoms with Crippen LogP contribution in [0.2, 0.25) is 0 Å². The first-order chi connectivity index (χ1) is 10.7. The Bertz CT molecular complexity index is 432. The van der Waals surface area contributed by atoms with Crippen molar-refractivity contribution in [2.24, 2.45) is 5.92 Å². The van der Waals surface area contributed by atoms with Crippen LogP contribution in [0.3, 0.4) is 0 Å². The van der Waals surface area contributed by atoms with Gasteiger partial charge in [0.15, 0.2) is 0 Å². The summed E-state index contributed by atoms with van der Waals surface area (Å²) in [6.07, 6.45) is 4.30. The second kappa shape index (κ2) is 8.94. The molecule has 1 saturated heterocycles. The van der Waals surface area contributed by atoms with Gasteiger partial charge in [-0.2, -0.15) is 0 Å². The normalized spacial score (nSPS) is 16.2. The second-order valence-electron chi connectivity index (χ2n) is 6.51. The van der Waals surface area contributed by atoms with Crippen LogP contribution in [0.15, 0.2) is 30.3 Å². The van der Waals surface area contributed by atoms with Crippen LogP contribution in [-0.2, 0) is 11.3 Å². The maximum absolute atomic E-state index is 12.7. The van der Waals surface area contributed by atoms with Crippen LogP contribution in [0.4, 0.5) is 0 Å². The van der Waals surface area contributed by atoms with Crippen molar-refractivity contribution >= 4 is 5.91 Å². The van der Waals surface area contributed by atoms with Gasteiger partial charge < -0.3 is 9.80 Å². The molecule has 1 aliphatic rings. The Morgan fingerprint density at radius 1 is 1.09 bits per heavy atom. The molecule has 0 aliphatic carbocycles. The van der Waals surface area contributed by atoms with E-state index >= 15 is 0 Å². The van der Waals surface area contributed by atoms with E-state index in [2.05, 4.69) is 49.1 Å². The van der Waals surface area contributed by atoms with Gasteiger partial charge in [0.05, 0.1) is 26.2 Å². The lowest BCUT2D eigenvalue weighted by Crippen LogP contribution is -3.13. The second-order valence-corrected chi connectivity index (χ2v) is 6.51. The zero-order chi connectivity index (χ0) is 15.8. The summed E-state index contributed by atoms with van der Waals surface area (Å²) in [5.74, 6) is 0.660. The molecule has 0 saturated carbocycles. The van der Waals surface area contributed by atoms with Crippen molar-refractivity contribution < 1.29 is 9.69 Å². The quantitative estimate of drug-likeness (QED) is 0.820. The lowest BCUT2D eigenvalue weighted by molar-refractivity contribution is -0.917. The number of piperazine rings is 1. The molecule has 3 nitrogen and oxygen atoms in total. The monoisotopic (exact) mass is 303 g/mol. The highest BCUT2D eigenvalue weighted by Gasteiger charge is 2.28. The predicted molar refractivity (Wildman–Crippen MR) is 90.7 cm³/mol. The molecule has 1 aromatic carbocycles. The average Bonchev–Trinajstić information content (AvgIpc) is 2.56. The molecule has 0 atom stereocenters. The molecule has 1 heterocycles. The van der Waals surface area contributed by atoms with Gasteiger partial charge in [-0.1, -0.05) is 57.0 Å².